The van der Waals surface area contributed by atoms with E-state index in [0.717, 1.165) is 11.3 Å². The summed E-state index contributed by atoms with van der Waals surface area (Å²) in [5.41, 5.74) is 0. The molecule has 0 aromatic heterocycles. The Hall–Kier alpha value is -1.27. The van der Waals surface area contributed by atoms with Crippen LogP contribution in [0.4, 0.5) is 13.2 Å². The Morgan fingerprint density at radius 1 is 1.37 bits per heavy atom. The number of rotatable bonds is 4. The van der Waals surface area contributed by atoms with E-state index >= 15 is 0 Å². The monoisotopic (exact) mass is 281 g/mol. The predicted octanol–water partition coefficient (Wildman–Crippen LogP) is 2.14. The molecule has 1 aliphatic rings. The zero-order valence-corrected chi connectivity index (χ0v) is 10.9. The van der Waals surface area contributed by atoms with Crippen LogP contribution in [0.15, 0.2) is 0 Å². The Balaban J connectivity index is 2.75. The molecule has 0 radical (unpaired) electrons. The van der Waals surface area contributed by atoms with E-state index in [1.807, 2.05) is 13.8 Å². The molecule has 1 rings (SSSR count). The molecule has 1 fully saturated rings. The third-order valence-corrected chi connectivity index (χ3v) is 3.63. The molecule has 0 aromatic rings. The van der Waals surface area contributed by atoms with E-state index < -0.39 is 36.4 Å². The Kier molecular flexibility index (Phi) is 4.81. The normalized spacial score (nSPS) is 25.4. The van der Waals surface area contributed by atoms with Crippen LogP contribution in [0.1, 0.15) is 26.7 Å². The van der Waals surface area contributed by atoms with Gasteiger partial charge in [-0.25, -0.2) is 0 Å². The average Bonchev–Trinajstić information content (AvgIpc) is 2.73. The first-order chi connectivity index (χ1) is 8.66. The first-order valence-electron chi connectivity index (χ1n) is 6.24. The zero-order chi connectivity index (χ0) is 14.8. The molecule has 4 nitrogen and oxygen atoms in total. The molecular weight excluding hydrogens is 263 g/mol. The van der Waals surface area contributed by atoms with E-state index in [1.54, 1.807) is 0 Å². The zero-order valence-electron chi connectivity index (χ0n) is 10.9. The van der Waals surface area contributed by atoms with E-state index in [0.29, 0.717) is 0 Å². The number of amides is 1. The van der Waals surface area contributed by atoms with E-state index in [-0.39, 0.29) is 18.9 Å². The van der Waals surface area contributed by atoms with E-state index in [2.05, 4.69) is 0 Å². The van der Waals surface area contributed by atoms with Crippen molar-refractivity contribution in [3.05, 3.63) is 0 Å². The quantitative estimate of drug-likeness (QED) is 0.859. The lowest BCUT2D eigenvalue weighted by Crippen LogP contribution is -2.34. The van der Waals surface area contributed by atoms with Crippen LogP contribution in [0.3, 0.4) is 0 Å². The highest BCUT2D eigenvalue weighted by molar-refractivity contribution is 5.79. The topological polar surface area (TPSA) is 57.6 Å². The van der Waals surface area contributed by atoms with Gasteiger partial charge in [0.05, 0.1) is 11.8 Å². The van der Waals surface area contributed by atoms with Gasteiger partial charge in [-0.1, -0.05) is 20.3 Å². The van der Waals surface area contributed by atoms with Crippen LogP contribution in [0.25, 0.3) is 0 Å². The number of aliphatic carboxylic acids is 1. The van der Waals surface area contributed by atoms with Crippen molar-refractivity contribution in [3.8, 4) is 0 Å². The molecule has 0 aliphatic carbocycles. The summed E-state index contributed by atoms with van der Waals surface area (Å²) in [6.45, 7) is 2.83. The van der Waals surface area contributed by atoms with E-state index in [9.17, 15) is 22.8 Å². The molecular formula is C12H18F3NO3. The van der Waals surface area contributed by atoms with Crippen molar-refractivity contribution in [3.63, 3.8) is 0 Å². The maximum absolute atomic E-state index is 12.7. The second kappa shape index (κ2) is 5.79. The van der Waals surface area contributed by atoms with Gasteiger partial charge in [0.15, 0.2) is 0 Å². The lowest BCUT2D eigenvalue weighted by molar-refractivity contribution is -0.188. The number of likely N-dealkylation sites (tertiary alicyclic amines) is 1. The highest BCUT2D eigenvalue weighted by Crippen LogP contribution is 2.38. The SMILES string of the molecule is CCC(C)CC(=O)N1C[C@@H](C(F)(F)F)[C@H](C(=O)O)C1. The molecule has 110 valence electrons. The first kappa shape index (κ1) is 15.8. The minimum atomic E-state index is -4.59. The van der Waals surface area contributed by atoms with Crippen LogP contribution in [0, 0.1) is 17.8 Å². The van der Waals surface area contributed by atoms with Gasteiger partial charge in [-0.05, 0) is 5.92 Å². The molecule has 1 heterocycles. The molecule has 1 amide bonds. The van der Waals surface area contributed by atoms with Crippen molar-refractivity contribution in [1.82, 2.24) is 4.90 Å². The fourth-order valence-electron chi connectivity index (χ4n) is 2.16. The van der Waals surface area contributed by atoms with Gasteiger partial charge >= 0.3 is 12.1 Å². The summed E-state index contributed by atoms with van der Waals surface area (Å²) in [5.74, 6) is -5.33. The van der Waals surface area contributed by atoms with Crippen molar-refractivity contribution in [2.45, 2.75) is 32.9 Å². The number of carbonyl (C=O) groups excluding carboxylic acids is 1. The summed E-state index contributed by atoms with van der Waals surface area (Å²) in [6.07, 6.45) is -3.67. The predicted molar refractivity (Wildman–Crippen MR) is 61.3 cm³/mol. The number of carboxylic acid groups (broad SMARTS) is 1. The van der Waals surface area contributed by atoms with Crippen LogP contribution in [-0.4, -0.2) is 41.1 Å². The molecule has 0 bridgehead atoms. The lowest BCUT2D eigenvalue weighted by atomic mass is 9.96. The molecule has 0 spiro atoms. The Bertz CT molecular complexity index is 357. The lowest BCUT2D eigenvalue weighted by Gasteiger charge is -2.19. The molecule has 0 saturated carbocycles. The van der Waals surface area contributed by atoms with Crippen molar-refractivity contribution in [2.75, 3.05) is 13.1 Å². The molecule has 1 aliphatic heterocycles. The van der Waals surface area contributed by atoms with Crippen LogP contribution < -0.4 is 0 Å². The highest BCUT2D eigenvalue weighted by Gasteiger charge is 2.53. The number of alkyl halides is 3. The van der Waals surface area contributed by atoms with Crippen LogP contribution in [0.5, 0.6) is 0 Å². The molecule has 1 saturated heterocycles. The van der Waals surface area contributed by atoms with Crippen molar-refractivity contribution < 1.29 is 27.9 Å². The van der Waals surface area contributed by atoms with Crippen LogP contribution in [0.2, 0.25) is 0 Å². The van der Waals surface area contributed by atoms with Crippen molar-refractivity contribution >= 4 is 11.9 Å². The molecule has 1 unspecified atom stereocenters. The Morgan fingerprint density at radius 2 is 1.95 bits per heavy atom. The third kappa shape index (κ3) is 3.84. The number of halogens is 3. The number of carbonyl (C=O) groups is 2. The summed E-state index contributed by atoms with van der Waals surface area (Å²) in [7, 11) is 0. The fourth-order valence-corrected chi connectivity index (χ4v) is 2.16. The smallest absolute Gasteiger partial charge is 0.394 e. The maximum atomic E-state index is 12.7. The highest BCUT2D eigenvalue weighted by atomic mass is 19.4. The number of hydrogen-bond acceptors (Lipinski definition) is 2. The Morgan fingerprint density at radius 3 is 2.32 bits per heavy atom. The molecule has 19 heavy (non-hydrogen) atoms. The van der Waals surface area contributed by atoms with Gasteiger partial charge in [0, 0.05) is 19.5 Å². The van der Waals surface area contributed by atoms with Gasteiger partial charge in [-0.2, -0.15) is 13.2 Å². The number of hydrogen-bond donors (Lipinski definition) is 1. The largest absolute Gasteiger partial charge is 0.481 e. The molecule has 3 atom stereocenters. The van der Waals surface area contributed by atoms with E-state index in [4.69, 9.17) is 5.11 Å². The van der Waals surface area contributed by atoms with Gasteiger partial charge in [0.2, 0.25) is 5.91 Å². The van der Waals surface area contributed by atoms with Crippen LogP contribution >= 0.6 is 0 Å². The Labute approximate surface area is 109 Å². The standard InChI is InChI=1S/C12H18F3NO3/c1-3-7(2)4-10(17)16-5-8(11(18)19)9(6-16)12(13,14)15/h7-9H,3-6H2,1-2H3,(H,18,19)/t7?,8-,9-/m1/s1. The first-order valence-corrected chi connectivity index (χ1v) is 6.24. The van der Waals surface area contributed by atoms with Gasteiger partial charge in [0.1, 0.15) is 0 Å². The minimum Gasteiger partial charge on any atom is -0.481 e. The van der Waals surface area contributed by atoms with Gasteiger partial charge < -0.3 is 10.0 Å². The van der Waals surface area contributed by atoms with Crippen LogP contribution in [-0.2, 0) is 9.59 Å². The van der Waals surface area contributed by atoms with Gasteiger partial charge in [-0.3, -0.25) is 9.59 Å². The second-order valence-electron chi connectivity index (χ2n) is 5.11. The number of carboxylic acids is 1. The summed E-state index contributed by atoms with van der Waals surface area (Å²) >= 11 is 0. The summed E-state index contributed by atoms with van der Waals surface area (Å²) in [4.78, 5) is 23.7. The maximum Gasteiger partial charge on any atom is 0.394 e. The fraction of sp³-hybridized carbons (Fsp3) is 0.833. The minimum absolute atomic E-state index is 0.0840. The average molecular weight is 281 g/mol. The summed E-state index contributed by atoms with van der Waals surface area (Å²) in [6, 6.07) is 0. The molecule has 7 heteroatoms. The number of nitrogens with zero attached hydrogens (tertiary/aromatic N) is 1. The third-order valence-electron chi connectivity index (χ3n) is 3.63. The summed E-state index contributed by atoms with van der Waals surface area (Å²) < 4.78 is 38.2. The van der Waals surface area contributed by atoms with Gasteiger partial charge in [0.25, 0.3) is 0 Å². The van der Waals surface area contributed by atoms with E-state index in [1.165, 1.54) is 0 Å². The molecule has 0 aromatic carbocycles. The van der Waals surface area contributed by atoms with Crippen molar-refractivity contribution in [2.24, 2.45) is 17.8 Å². The summed E-state index contributed by atoms with van der Waals surface area (Å²) in [5, 5.41) is 8.84. The second-order valence-corrected chi connectivity index (χ2v) is 5.11. The van der Waals surface area contributed by atoms with Crippen molar-refractivity contribution in [1.29, 1.82) is 0 Å². The van der Waals surface area contributed by atoms with Gasteiger partial charge in [-0.15, -0.1) is 0 Å². The molecule has 1 N–H and O–H groups in total.